The van der Waals surface area contributed by atoms with Crippen LogP contribution in [0.3, 0.4) is 0 Å². The number of ether oxygens (including phenoxy) is 12. The average Bonchev–Trinajstić information content (AvgIpc) is 0.816. The smallest absolute Gasteiger partial charge is 0.338 e. The molecule has 12 rings (SSSR count). The Labute approximate surface area is 818 Å². The lowest BCUT2D eigenvalue weighted by Gasteiger charge is -2.30. The normalized spacial score (nSPS) is 17.3. The molecule has 0 bridgehead atoms. The van der Waals surface area contributed by atoms with E-state index in [2.05, 4.69) is 63.8 Å². The first-order chi connectivity index (χ1) is 64.6. The molecule has 0 amide bonds. The number of phenolic OH excluding ortho intramolecular Hbond substituents is 6. The lowest BCUT2D eigenvalue weighted by atomic mass is 9.95. The second kappa shape index (κ2) is 53.0. The molecule has 732 valence electrons. The highest BCUT2D eigenvalue weighted by Crippen LogP contribution is 2.41. The van der Waals surface area contributed by atoms with Crippen LogP contribution in [0.5, 0.6) is 69.0 Å². The van der Waals surface area contributed by atoms with Crippen molar-refractivity contribution in [2.24, 2.45) is 0 Å². The third-order valence-corrected chi connectivity index (χ3v) is 21.1. The third-order valence-electron chi connectivity index (χ3n) is 19.8. The summed E-state index contributed by atoms with van der Waals surface area (Å²) in [5.41, 5.74) is 10.9. The summed E-state index contributed by atoms with van der Waals surface area (Å²) in [5, 5.41) is 104. The van der Waals surface area contributed by atoms with Gasteiger partial charge >= 0.3 is 35.8 Å². The van der Waals surface area contributed by atoms with Crippen LogP contribution in [-0.2, 0) is 62.0 Å². The van der Waals surface area contributed by atoms with E-state index in [0.29, 0.717) is 133 Å². The minimum absolute atomic E-state index is 0.0288. The maximum absolute atomic E-state index is 12.2. The summed E-state index contributed by atoms with van der Waals surface area (Å²) in [6, 6.07) is 26.4. The van der Waals surface area contributed by atoms with Crippen molar-refractivity contribution in [3.05, 3.63) is 210 Å². The van der Waals surface area contributed by atoms with Gasteiger partial charge in [0.2, 0.25) is 0 Å². The van der Waals surface area contributed by atoms with Crippen molar-refractivity contribution in [3.63, 3.8) is 0 Å². The van der Waals surface area contributed by atoms with Gasteiger partial charge in [-0.3, -0.25) is 4.79 Å². The zero-order valence-corrected chi connectivity index (χ0v) is 82.8. The Bertz CT molecular complexity index is 4840. The second-order valence-electron chi connectivity index (χ2n) is 28.9. The van der Waals surface area contributed by atoms with E-state index in [9.17, 15) is 59.4 Å². The van der Waals surface area contributed by atoms with Crippen molar-refractivity contribution in [1.29, 1.82) is 0 Å². The Morgan fingerprint density at radius 1 is 0.257 bits per heavy atom. The fourth-order valence-electron chi connectivity index (χ4n) is 13.8. The molecular weight excluding hydrogens is 1880 g/mol. The van der Waals surface area contributed by atoms with Gasteiger partial charge in [-0.1, -0.05) is 36.4 Å². The molecule has 6 atom stereocenters. The van der Waals surface area contributed by atoms with Gasteiger partial charge in [0.25, 0.3) is 5.97 Å². The maximum atomic E-state index is 12.2. The molecule has 6 unspecified atom stereocenters. The van der Waals surface area contributed by atoms with E-state index in [0.717, 1.165) is 40.3 Å². The number of allylic oxidation sites excluding steroid dienone is 6. The van der Waals surface area contributed by atoms with Crippen LogP contribution in [0, 0.1) is 0 Å². The molecule has 44 heteroatoms. The molecule has 0 fully saturated rings. The maximum Gasteiger partial charge on any atom is 0.338 e. The monoisotopic (exact) mass is 1990 g/mol. The summed E-state index contributed by atoms with van der Waals surface area (Å²) in [4.78, 5) is 82.4. The van der Waals surface area contributed by atoms with Gasteiger partial charge in [-0.2, -0.15) is 0 Å². The molecule has 6 heterocycles. The van der Waals surface area contributed by atoms with Crippen molar-refractivity contribution in [2.75, 3.05) is 82.3 Å². The van der Waals surface area contributed by atoms with Crippen molar-refractivity contribution < 1.29 is 126 Å². The average molecular weight is 1990 g/mol. The number of methoxy groups -OCH3 is 6. The highest BCUT2D eigenvalue weighted by molar-refractivity contribution is 7.81. The summed E-state index contributed by atoms with van der Waals surface area (Å²) in [5.74, 6) is -1.22. The van der Waals surface area contributed by atoms with Crippen molar-refractivity contribution >= 4 is 146 Å². The van der Waals surface area contributed by atoms with Crippen LogP contribution in [0.4, 0.5) is 0 Å². The quantitative estimate of drug-likeness (QED) is 0.0152. The van der Waals surface area contributed by atoms with Crippen molar-refractivity contribution in [2.45, 2.75) is 126 Å². The Kier molecular flexibility index (Phi) is 43.1. The van der Waals surface area contributed by atoms with E-state index in [-0.39, 0.29) is 74.1 Å². The first kappa shape index (κ1) is 111. The predicted molar refractivity (Wildman–Crippen MR) is 527 cm³/mol. The fourth-order valence-corrected chi connectivity index (χ4v) is 15.4. The van der Waals surface area contributed by atoms with Crippen molar-refractivity contribution in [3.8, 4) is 69.0 Å². The van der Waals surface area contributed by atoms with Crippen LogP contribution >= 0.6 is 73.3 Å². The number of rotatable bonds is 24. The second-order valence-corrected chi connectivity index (χ2v) is 31.3. The van der Waals surface area contributed by atoms with Crippen LogP contribution < -0.4 is 92.2 Å². The molecule has 38 nitrogen and oxygen atoms in total. The van der Waals surface area contributed by atoms with Gasteiger partial charge in [0.05, 0.1) is 152 Å². The number of aromatic hydroxyl groups is 6. The van der Waals surface area contributed by atoms with Gasteiger partial charge in [0, 0.05) is 41.1 Å². The topological polar surface area (TPSA) is 516 Å². The molecule has 0 saturated carbocycles. The van der Waals surface area contributed by atoms with Crippen molar-refractivity contribution in [1.82, 2.24) is 63.8 Å². The largest absolute Gasteiger partial charge is 0.504 e. The predicted octanol–water partition coefficient (Wildman–Crippen LogP) is 10.6. The zero-order chi connectivity index (χ0) is 101. The van der Waals surface area contributed by atoms with E-state index in [1.165, 1.54) is 79.1 Å². The van der Waals surface area contributed by atoms with E-state index < -0.39 is 78.0 Å². The number of hydrogen-bond donors (Lipinski definition) is 19. The highest BCUT2D eigenvalue weighted by Gasteiger charge is 2.38. The number of esters is 6. The molecule has 19 N–H and O–H groups in total. The van der Waals surface area contributed by atoms with Crippen LogP contribution in [0.1, 0.15) is 160 Å². The number of nitrogens with one attached hydrogen (secondary N) is 12. The van der Waals surface area contributed by atoms with Crippen LogP contribution in [0.15, 0.2) is 177 Å². The molecule has 6 aliphatic heterocycles. The number of benzene rings is 6. The minimum Gasteiger partial charge on any atom is -0.504 e. The van der Waals surface area contributed by atoms with Crippen LogP contribution in [0.2, 0.25) is 0 Å². The molecule has 0 aromatic heterocycles. The fraction of sp³-hybridized carbons (Fsp3) is 0.337. The standard InChI is InChI=1S/6C15H18N2O4S.C2H4O2/c6*1-4-21-14(19)12-8(2)16-15(22)17-13(12)9-5-6-10(18)11(7-9)20-3;1-2(3)4/h6*5-7,13,18H,4H2,1-3H3,(H2,16,17,22);1H3,(H,3,4). The molecule has 0 spiro atoms. The number of carboxylic acids is 1. The van der Waals surface area contributed by atoms with Gasteiger partial charge in [0.1, 0.15) is 0 Å². The van der Waals surface area contributed by atoms with E-state index in [1.54, 1.807) is 156 Å². The van der Waals surface area contributed by atoms with Gasteiger partial charge in [-0.25, -0.2) is 28.8 Å². The molecule has 0 saturated heterocycles. The minimum atomic E-state index is -0.833. The number of thiocarbonyl (C=S) groups is 6. The summed E-state index contributed by atoms with van der Waals surface area (Å²) in [7, 11) is 8.79. The Hall–Kier alpha value is -14.2. The van der Waals surface area contributed by atoms with Gasteiger partial charge in [-0.15, -0.1) is 0 Å². The number of carboxylic acid groups (broad SMARTS) is 1. The molecule has 6 aliphatic rings. The third kappa shape index (κ3) is 29.9. The van der Waals surface area contributed by atoms with Gasteiger partial charge in [-0.05, 0) is 263 Å². The Balaban J connectivity index is 0.000000248. The van der Waals surface area contributed by atoms with Gasteiger partial charge < -0.3 is 156 Å². The molecular formula is C92H112N12O26S6. The van der Waals surface area contributed by atoms with E-state index in [4.69, 9.17) is 140 Å². The highest BCUT2D eigenvalue weighted by atomic mass is 32.1. The summed E-state index contributed by atoms with van der Waals surface area (Å²) in [6.07, 6.45) is 0. The Morgan fingerprint density at radius 3 is 0.478 bits per heavy atom. The zero-order valence-electron chi connectivity index (χ0n) is 77.9. The van der Waals surface area contributed by atoms with E-state index in [1.807, 2.05) is 0 Å². The molecule has 0 radical (unpaired) electrons. The van der Waals surface area contributed by atoms with Crippen LogP contribution in [-0.4, -0.2) is 191 Å². The number of hydrogen-bond acceptors (Lipinski definition) is 31. The van der Waals surface area contributed by atoms with Gasteiger partial charge in [0.15, 0.2) is 99.7 Å². The Morgan fingerprint density at radius 2 is 0.375 bits per heavy atom. The molecule has 6 aromatic rings. The summed E-state index contributed by atoms with van der Waals surface area (Å²) < 4.78 is 61.4. The van der Waals surface area contributed by atoms with Crippen LogP contribution in [0.25, 0.3) is 0 Å². The lowest BCUT2D eigenvalue weighted by molar-refractivity contribution is -0.140. The molecule has 136 heavy (non-hydrogen) atoms. The molecule has 6 aromatic carbocycles. The number of phenols is 6. The number of aliphatic carboxylic acids is 1. The SMILES string of the molecule is CC(=O)O.CCOC(=O)C1=C(C)NC(=S)NC1c1ccc(O)c(OC)c1.CCOC(=O)C1=C(C)NC(=S)NC1c1ccc(O)c(OC)c1.CCOC(=O)C1=C(C)NC(=S)NC1c1ccc(O)c(OC)c1.CCOC(=O)C1=C(C)NC(=S)NC1c1ccc(O)c(OC)c1.CCOC(=O)C1=C(C)NC(=S)NC1c1ccc(O)c(OC)c1.CCOC(=O)C1=C(C)NC(=S)NC1c1ccc(O)c(OC)c1. The summed E-state index contributed by atoms with van der Waals surface area (Å²) in [6.45, 7) is 23.9. The number of carbonyl (C=O) groups is 7. The first-order valence-electron chi connectivity index (χ1n) is 41.7. The number of carbonyl (C=O) groups excluding carboxylic acids is 6. The lowest BCUT2D eigenvalue weighted by Crippen LogP contribution is -2.45. The van der Waals surface area contributed by atoms with E-state index >= 15 is 0 Å². The summed E-state index contributed by atoms with van der Waals surface area (Å²) >= 11 is 31.0. The first-order valence-corrected chi connectivity index (χ1v) is 44.2. The molecule has 0 aliphatic carbocycles.